The van der Waals surface area contributed by atoms with E-state index in [2.05, 4.69) is 0 Å². The molecular formula is C11H11ClO4. The lowest BCUT2D eigenvalue weighted by Crippen LogP contribution is -2.42. The van der Waals surface area contributed by atoms with Gasteiger partial charge in [0.25, 0.3) is 0 Å². The Morgan fingerprint density at radius 3 is 2.31 bits per heavy atom. The van der Waals surface area contributed by atoms with E-state index < -0.39 is 22.9 Å². The Morgan fingerprint density at radius 2 is 1.88 bits per heavy atom. The zero-order valence-electron chi connectivity index (χ0n) is 8.40. The fourth-order valence-electron chi connectivity index (χ4n) is 2.07. The summed E-state index contributed by atoms with van der Waals surface area (Å²) in [6, 6.07) is 2.86. The number of carboxylic acid groups (broad SMARTS) is 1. The van der Waals surface area contributed by atoms with Gasteiger partial charge in [0.05, 0.1) is 10.4 Å². The minimum Gasteiger partial charge on any atom is -0.504 e. The first kappa shape index (κ1) is 11.1. The molecular weight excluding hydrogens is 232 g/mol. The maximum Gasteiger partial charge on any atom is 0.314 e. The number of aromatic hydroxyl groups is 2. The molecule has 0 bridgehead atoms. The molecule has 0 saturated heterocycles. The first-order chi connectivity index (χ1) is 7.49. The van der Waals surface area contributed by atoms with Gasteiger partial charge < -0.3 is 15.3 Å². The lowest BCUT2D eigenvalue weighted by Gasteiger charge is -2.38. The number of rotatable bonds is 2. The summed E-state index contributed by atoms with van der Waals surface area (Å²) >= 11 is 5.62. The van der Waals surface area contributed by atoms with Gasteiger partial charge >= 0.3 is 5.97 Å². The number of carbonyl (C=O) groups is 1. The summed E-state index contributed by atoms with van der Waals surface area (Å²) in [6.07, 6.45) is 1.74. The van der Waals surface area contributed by atoms with Crippen LogP contribution in [0.3, 0.4) is 0 Å². The molecule has 16 heavy (non-hydrogen) atoms. The maximum atomic E-state index is 11.2. The Balaban J connectivity index is 2.56. The third kappa shape index (κ3) is 1.33. The fraction of sp³-hybridized carbons (Fsp3) is 0.364. The van der Waals surface area contributed by atoms with E-state index in [1.54, 1.807) is 0 Å². The summed E-state index contributed by atoms with van der Waals surface area (Å²) in [7, 11) is 0. The van der Waals surface area contributed by atoms with Crippen molar-refractivity contribution in [3.63, 3.8) is 0 Å². The van der Waals surface area contributed by atoms with E-state index >= 15 is 0 Å². The first-order valence-corrected chi connectivity index (χ1v) is 5.31. The van der Waals surface area contributed by atoms with Crippen LogP contribution in [0.15, 0.2) is 12.1 Å². The second-order valence-electron chi connectivity index (χ2n) is 4.03. The van der Waals surface area contributed by atoms with E-state index in [0.717, 1.165) is 6.42 Å². The molecule has 0 spiro atoms. The Bertz CT molecular complexity index is 452. The monoisotopic (exact) mass is 242 g/mol. The molecule has 1 aliphatic rings. The van der Waals surface area contributed by atoms with E-state index in [9.17, 15) is 20.1 Å². The Kier molecular flexibility index (Phi) is 2.46. The first-order valence-electron chi connectivity index (χ1n) is 4.93. The van der Waals surface area contributed by atoms with Crippen LogP contribution in [0.5, 0.6) is 11.5 Å². The van der Waals surface area contributed by atoms with Gasteiger partial charge in [-0.1, -0.05) is 24.1 Å². The van der Waals surface area contributed by atoms with Crippen molar-refractivity contribution in [3.05, 3.63) is 22.7 Å². The number of phenolic OH excluding ortho intramolecular Hbond substituents is 2. The number of halogens is 1. The average molecular weight is 243 g/mol. The lowest BCUT2D eigenvalue weighted by atomic mass is 9.64. The van der Waals surface area contributed by atoms with Gasteiger partial charge in [-0.25, -0.2) is 0 Å². The van der Waals surface area contributed by atoms with Crippen molar-refractivity contribution in [1.82, 2.24) is 0 Å². The van der Waals surface area contributed by atoms with Gasteiger partial charge in [0.2, 0.25) is 0 Å². The van der Waals surface area contributed by atoms with E-state index in [4.69, 9.17) is 11.6 Å². The molecule has 0 atom stereocenters. The van der Waals surface area contributed by atoms with Gasteiger partial charge in [-0.3, -0.25) is 4.79 Å². The molecule has 1 aromatic carbocycles. The van der Waals surface area contributed by atoms with Gasteiger partial charge in [0.1, 0.15) is 0 Å². The number of hydrogen-bond acceptors (Lipinski definition) is 3. The second-order valence-corrected chi connectivity index (χ2v) is 4.44. The molecule has 0 aliphatic heterocycles. The molecule has 1 saturated carbocycles. The fourth-order valence-corrected chi connectivity index (χ4v) is 2.22. The second kappa shape index (κ2) is 3.56. The Labute approximate surface area is 97.1 Å². The van der Waals surface area contributed by atoms with Crippen LogP contribution in [0.25, 0.3) is 0 Å². The zero-order chi connectivity index (χ0) is 11.9. The van der Waals surface area contributed by atoms with Gasteiger partial charge in [0.15, 0.2) is 11.5 Å². The van der Waals surface area contributed by atoms with Crippen molar-refractivity contribution in [1.29, 1.82) is 0 Å². The maximum absolute atomic E-state index is 11.2. The molecule has 4 nitrogen and oxygen atoms in total. The number of hydrogen-bond donors (Lipinski definition) is 3. The number of carboxylic acids is 1. The van der Waals surface area contributed by atoms with Gasteiger partial charge in [-0.15, -0.1) is 0 Å². The molecule has 0 radical (unpaired) electrons. The minimum absolute atomic E-state index is 0.0149. The highest BCUT2D eigenvalue weighted by Crippen LogP contribution is 2.50. The van der Waals surface area contributed by atoms with Gasteiger partial charge in [0, 0.05) is 5.56 Å². The molecule has 1 aliphatic carbocycles. The summed E-state index contributed by atoms with van der Waals surface area (Å²) < 4.78 is 0. The van der Waals surface area contributed by atoms with E-state index in [-0.39, 0.29) is 10.6 Å². The zero-order valence-corrected chi connectivity index (χ0v) is 9.16. The smallest absolute Gasteiger partial charge is 0.314 e. The van der Waals surface area contributed by atoms with Crippen LogP contribution in [0, 0.1) is 0 Å². The van der Waals surface area contributed by atoms with Crippen LogP contribution in [0.4, 0.5) is 0 Å². The quantitative estimate of drug-likeness (QED) is 0.695. The molecule has 0 amide bonds. The summed E-state index contributed by atoms with van der Waals surface area (Å²) in [5.41, 5.74) is -0.820. The number of benzene rings is 1. The van der Waals surface area contributed by atoms with E-state index in [1.165, 1.54) is 12.1 Å². The van der Waals surface area contributed by atoms with Crippen molar-refractivity contribution in [2.24, 2.45) is 0 Å². The van der Waals surface area contributed by atoms with Crippen molar-refractivity contribution in [2.45, 2.75) is 24.7 Å². The number of phenols is 2. The summed E-state index contributed by atoms with van der Waals surface area (Å²) in [5.74, 6) is -1.85. The molecule has 0 heterocycles. The Hall–Kier alpha value is -1.42. The molecule has 5 heteroatoms. The van der Waals surface area contributed by atoms with E-state index in [0.29, 0.717) is 12.8 Å². The van der Waals surface area contributed by atoms with Crippen molar-refractivity contribution in [3.8, 4) is 11.5 Å². The summed E-state index contributed by atoms with van der Waals surface area (Å²) in [6.45, 7) is 0. The standard InChI is InChI=1S/C11H11ClO4/c12-7-3-2-6(8(13)9(7)14)11(10(15)16)4-1-5-11/h2-3,13-14H,1,4-5H2,(H,15,16). The Morgan fingerprint density at radius 1 is 1.25 bits per heavy atom. The van der Waals surface area contributed by atoms with Crippen LogP contribution >= 0.6 is 11.6 Å². The molecule has 3 N–H and O–H groups in total. The highest BCUT2D eigenvalue weighted by molar-refractivity contribution is 6.32. The predicted molar refractivity (Wildman–Crippen MR) is 57.9 cm³/mol. The van der Waals surface area contributed by atoms with Crippen molar-refractivity contribution in [2.75, 3.05) is 0 Å². The van der Waals surface area contributed by atoms with Crippen LogP contribution in [0.1, 0.15) is 24.8 Å². The molecule has 86 valence electrons. The third-order valence-corrected chi connectivity index (χ3v) is 3.54. The van der Waals surface area contributed by atoms with Crippen LogP contribution in [0.2, 0.25) is 5.02 Å². The highest BCUT2D eigenvalue weighted by atomic mass is 35.5. The molecule has 0 unspecified atom stereocenters. The normalized spacial score (nSPS) is 17.8. The predicted octanol–water partition coefficient (Wildman–Crippen LogP) is 2.26. The van der Waals surface area contributed by atoms with Crippen LogP contribution < -0.4 is 0 Å². The average Bonchev–Trinajstić information content (AvgIpc) is 2.16. The lowest BCUT2D eigenvalue weighted by molar-refractivity contribution is -0.147. The topological polar surface area (TPSA) is 77.8 Å². The van der Waals surface area contributed by atoms with Crippen LogP contribution in [-0.4, -0.2) is 21.3 Å². The van der Waals surface area contributed by atoms with Crippen LogP contribution in [-0.2, 0) is 10.2 Å². The van der Waals surface area contributed by atoms with Gasteiger partial charge in [-0.05, 0) is 18.9 Å². The molecule has 2 rings (SSSR count). The molecule has 1 fully saturated rings. The van der Waals surface area contributed by atoms with E-state index in [1.807, 2.05) is 0 Å². The molecule has 0 aromatic heterocycles. The third-order valence-electron chi connectivity index (χ3n) is 3.23. The highest BCUT2D eigenvalue weighted by Gasteiger charge is 2.48. The largest absolute Gasteiger partial charge is 0.504 e. The summed E-state index contributed by atoms with van der Waals surface area (Å²) in [4.78, 5) is 11.2. The minimum atomic E-state index is -1.06. The van der Waals surface area contributed by atoms with Crippen molar-refractivity contribution < 1.29 is 20.1 Å². The van der Waals surface area contributed by atoms with Gasteiger partial charge in [-0.2, -0.15) is 0 Å². The van der Waals surface area contributed by atoms with Crippen molar-refractivity contribution >= 4 is 17.6 Å². The summed E-state index contributed by atoms with van der Waals surface area (Å²) in [5, 5.41) is 28.4. The molecule has 1 aromatic rings. The number of aliphatic carboxylic acids is 1. The SMILES string of the molecule is O=C(O)C1(c2ccc(Cl)c(O)c2O)CCC1.